The maximum atomic E-state index is 11.8. The van der Waals surface area contributed by atoms with Crippen molar-refractivity contribution >= 4 is 11.9 Å². The highest BCUT2D eigenvalue weighted by Crippen LogP contribution is 2.05. The van der Waals surface area contributed by atoms with Gasteiger partial charge in [0.1, 0.15) is 0 Å². The number of carbonyl (C=O) groups is 2. The van der Waals surface area contributed by atoms with E-state index in [1.54, 1.807) is 11.8 Å². The number of aryl methyl sites for hydroxylation is 2. The van der Waals surface area contributed by atoms with Gasteiger partial charge in [-0.15, -0.1) is 0 Å². The van der Waals surface area contributed by atoms with Gasteiger partial charge in [-0.05, 0) is 20.3 Å². The second-order valence-electron chi connectivity index (χ2n) is 4.21. The van der Waals surface area contributed by atoms with Crippen LogP contribution in [0.25, 0.3) is 0 Å². The smallest absolute Gasteiger partial charge is 0.305 e. The SMILES string of the molecule is CCN(CCC(=O)O)C(=O)CCCc1nc(C)no1. The van der Waals surface area contributed by atoms with Crippen molar-refractivity contribution in [3.8, 4) is 0 Å². The van der Waals surface area contributed by atoms with Crippen LogP contribution < -0.4 is 0 Å². The molecule has 1 aromatic heterocycles. The lowest BCUT2D eigenvalue weighted by molar-refractivity contribution is -0.138. The molecule has 0 radical (unpaired) electrons. The highest BCUT2D eigenvalue weighted by atomic mass is 16.5. The summed E-state index contributed by atoms with van der Waals surface area (Å²) >= 11 is 0. The lowest BCUT2D eigenvalue weighted by Crippen LogP contribution is -2.32. The van der Waals surface area contributed by atoms with E-state index in [0.29, 0.717) is 37.5 Å². The third-order valence-electron chi connectivity index (χ3n) is 2.68. The van der Waals surface area contributed by atoms with Crippen molar-refractivity contribution < 1.29 is 19.2 Å². The van der Waals surface area contributed by atoms with E-state index < -0.39 is 5.97 Å². The van der Waals surface area contributed by atoms with Crippen LogP contribution in [-0.4, -0.2) is 45.1 Å². The van der Waals surface area contributed by atoms with Gasteiger partial charge < -0.3 is 14.5 Å². The zero-order valence-corrected chi connectivity index (χ0v) is 11.3. The monoisotopic (exact) mass is 269 g/mol. The van der Waals surface area contributed by atoms with Crippen molar-refractivity contribution in [3.63, 3.8) is 0 Å². The number of amides is 1. The largest absolute Gasteiger partial charge is 0.481 e. The number of hydrogen-bond acceptors (Lipinski definition) is 5. The third kappa shape index (κ3) is 5.50. The van der Waals surface area contributed by atoms with E-state index in [9.17, 15) is 9.59 Å². The van der Waals surface area contributed by atoms with Gasteiger partial charge in [-0.1, -0.05) is 5.16 Å². The fraction of sp³-hybridized carbons (Fsp3) is 0.667. The molecule has 19 heavy (non-hydrogen) atoms. The van der Waals surface area contributed by atoms with Crippen LogP contribution in [0.5, 0.6) is 0 Å². The van der Waals surface area contributed by atoms with Gasteiger partial charge in [0.25, 0.3) is 0 Å². The van der Waals surface area contributed by atoms with E-state index in [2.05, 4.69) is 10.1 Å². The first-order valence-corrected chi connectivity index (χ1v) is 6.31. The first-order valence-electron chi connectivity index (χ1n) is 6.31. The van der Waals surface area contributed by atoms with E-state index in [-0.39, 0.29) is 18.9 Å². The summed E-state index contributed by atoms with van der Waals surface area (Å²) in [6, 6.07) is 0. The van der Waals surface area contributed by atoms with Gasteiger partial charge in [-0.25, -0.2) is 0 Å². The molecule has 0 spiro atoms. The summed E-state index contributed by atoms with van der Waals surface area (Å²) in [6.07, 6.45) is 1.50. The molecule has 0 aliphatic heterocycles. The van der Waals surface area contributed by atoms with Gasteiger partial charge in [-0.2, -0.15) is 4.98 Å². The Bertz CT molecular complexity index is 430. The number of rotatable bonds is 8. The normalized spacial score (nSPS) is 10.4. The van der Waals surface area contributed by atoms with Gasteiger partial charge >= 0.3 is 5.97 Å². The summed E-state index contributed by atoms with van der Waals surface area (Å²) in [5.41, 5.74) is 0. The van der Waals surface area contributed by atoms with Crippen molar-refractivity contribution in [1.82, 2.24) is 15.0 Å². The fourth-order valence-corrected chi connectivity index (χ4v) is 1.68. The van der Waals surface area contributed by atoms with Crippen LogP contribution >= 0.6 is 0 Å². The first-order chi connectivity index (χ1) is 9.02. The molecular formula is C12H19N3O4. The maximum Gasteiger partial charge on any atom is 0.305 e. The Balaban J connectivity index is 2.30. The molecule has 1 rings (SSSR count). The fourth-order valence-electron chi connectivity index (χ4n) is 1.68. The number of carboxylic acids is 1. The van der Waals surface area contributed by atoms with Crippen molar-refractivity contribution in [2.45, 2.75) is 39.5 Å². The second-order valence-corrected chi connectivity index (χ2v) is 4.21. The molecule has 1 aromatic rings. The van der Waals surface area contributed by atoms with Crippen LogP contribution in [0.3, 0.4) is 0 Å². The molecule has 0 aliphatic carbocycles. The van der Waals surface area contributed by atoms with Gasteiger partial charge in [0.05, 0.1) is 6.42 Å². The Hall–Kier alpha value is -1.92. The molecule has 0 saturated heterocycles. The Morgan fingerprint density at radius 1 is 1.37 bits per heavy atom. The Morgan fingerprint density at radius 3 is 2.63 bits per heavy atom. The summed E-state index contributed by atoms with van der Waals surface area (Å²) in [7, 11) is 0. The van der Waals surface area contributed by atoms with Crippen LogP contribution in [0.4, 0.5) is 0 Å². The molecule has 0 atom stereocenters. The predicted octanol–water partition coefficient (Wildman–Crippen LogP) is 1.02. The zero-order valence-electron chi connectivity index (χ0n) is 11.3. The van der Waals surface area contributed by atoms with Gasteiger partial charge in [0.15, 0.2) is 5.82 Å². The minimum Gasteiger partial charge on any atom is -0.481 e. The van der Waals surface area contributed by atoms with E-state index in [4.69, 9.17) is 9.63 Å². The molecule has 106 valence electrons. The number of carbonyl (C=O) groups excluding carboxylic acids is 1. The minimum atomic E-state index is -0.896. The molecule has 7 nitrogen and oxygen atoms in total. The number of hydrogen-bond donors (Lipinski definition) is 1. The minimum absolute atomic E-state index is 0.0254. The average Bonchev–Trinajstić information content (AvgIpc) is 2.75. The van der Waals surface area contributed by atoms with E-state index >= 15 is 0 Å². The van der Waals surface area contributed by atoms with E-state index in [0.717, 1.165) is 0 Å². The number of aromatic nitrogens is 2. The van der Waals surface area contributed by atoms with Gasteiger partial charge in [0, 0.05) is 25.9 Å². The molecule has 1 N–H and O–H groups in total. The van der Waals surface area contributed by atoms with Crippen molar-refractivity contribution in [2.75, 3.05) is 13.1 Å². The van der Waals surface area contributed by atoms with Crippen molar-refractivity contribution in [1.29, 1.82) is 0 Å². The summed E-state index contributed by atoms with van der Waals surface area (Å²) in [5.74, 6) is 0.171. The lowest BCUT2D eigenvalue weighted by Gasteiger charge is -2.19. The molecule has 0 saturated carbocycles. The number of aliphatic carboxylic acids is 1. The Kier molecular flexibility index (Phi) is 5.98. The molecule has 0 bridgehead atoms. The molecule has 1 heterocycles. The molecule has 0 fully saturated rings. The molecule has 0 unspecified atom stereocenters. The first kappa shape index (κ1) is 15.1. The molecular weight excluding hydrogens is 250 g/mol. The standard InChI is InChI=1S/C12H19N3O4/c1-3-15(8-7-12(17)18)11(16)6-4-5-10-13-9(2)14-19-10/h3-8H2,1-2H3,(H,17,18). The van der Waals surface area contributed by atoms with Crippen LogP contribution in [-0.2, 0) is 16.0 Å². The van der Waals surface area contributed by atoms with Crippen LogP contribution in [0.15, 0.2) is 4.52 Å². The molecule has 7 heteroatoms. The lowest BCUT2D eigenvalue weighted by atomic mass is 10.2. The quantitative estimate of drug-likeness (QED) is 0.757. The highest BCUT2D eigenvalue weighted by molar-refractivity contribution is 5.77. The zero-order chi connectivity index (χ0) is 14.3. The average molecular weight is 269 g/mol. The topological polar surface area (TPSA) is 96.5 Å². The Labute approximate surface area is 111 Å². The summed E-state index contributed by atoms with van der Waals surface area (Å²) < 4.78 is 4.95. The van der Waals surface area contributed by atoms with Crippen molar-refractivity contribution in [2.24, 2.45) is 0 Å². The maximum absolute atomic E-state index is 11.8. The molecule has 1 amide bonds. The summed E-state index contributed by atoms with van der Waals surface area (Å²) in [5, 5.41) is 12.3. The van der Waals surface area contributed by atoms with Crippen LogP contribution in [0.1, 0.15) is 37.9 Å². The van der Waals surface area contributed by atoms with Crippen molar-refractivity contribution in [3.05, 3.63) is 11.7 Å². The predicted molar refractivity (Wildman–Crippen MR) is 66.5 cm³/mol. The molecule has 0 aromatic carbocycles. The Morgan fingerprint density at radius 2 is 2.11 bits per heavy atom. The third-order valence-corrected chi connectivity index (χ3v) is 2.68. The van der Waals surface area contributed by atoms with E-state index in [1.165, 1.54) is 0 Å². The second kappa shape index (κ2) is 7.50. The highest BCUT2D eigenvalue weighted by Gasteiger charge is 2.13. The van der Waals surface area contributed by atoms with E-state index in [1.807, 2.05) is 6.92 Å². The van der Waals surface area contributed by atoms with Gasteiger partial charge in [-0.3, -0.25) is 9.59 Å². The van der Waals surface area contributed by atoms with Gasteiger partial charge in [0.2, 0.25) is 11.8 Å². The number of carboxylic acid groups (broad SMARTS) is 1. The van der Waals surface area contributed by atoms with Crippen LogP contribution in [0, 0.1) is 6.92 Å². The summed E-state index contributed by atoms with van der Waals surface area (Å²) in [6.45, 7) is 4.35. The molecule has 0 aliphatic rings. The summed E-state index contributed by atoms with van der Waals surface area (Å²) in [4.78, 5) is 27.9. The number of nitrogens with zero attached hydrogens (tertiary/aromatic N) is 3. The van der Waals surface area contributed by atoms with Crippen LogP contribution in [0.2, 0.25) is 0 Å².